The third-order valence-corrected chi connectivity index (χ3v) is 2.94. The van der Waals surface area contributed by atoms with Crippen LogP contribution in [0.1, 0.15) is 26.7 Å². The first kappa shape index (κ1) is 11.2. The average Bonchev–Trinajstić information content (AvgIpc) is 1.88. The van der Waals surface area contributed by atoms with Gasteiger partial charge in [-0.1, -0.05) is 26.7 Å². The van der Waals surface area contributed by atoms with Gasteiger partial charge in [-0.3, -0.25) is 0 Å². The summed E-state index contributed by atoms with van der Waals surface area (Å²) < 4.78 is 5.81. The Morgan fingerprint density at radius 1 is 1.09 bits per heavy atom. The van der Waals surface area contributed by atoms with Crippen LogP contribution >= 0.6 is 0 Å². The molecule has 0 saturated carbocycles. The van der Waals surface area contributed by atoms with Crippen LogP contribution in [0.5, 0.6) is 0 Å². The molecule has 68 valence electrons. The second-order valence-corrected chi connectivity index (χ2v) is 8.62. The van der Waals surface area contributed by atoms with Gasteiger partial charge < -0.3 is 4.43 Å². The van der Waals surface area contributed by atoms with E-state index in [2.05, 4.69) is 33.5 Å². The maximum Gasteiger partial charge on any atom is 0.183 e. The van der Waals surface area contributed by atoms with Gasteiger partial charge in [0.1, 0.15) is 0 Å². The third kappa shape index (κ3) is 6.57. The van der Waals surface area contributed by atoms with E-state index < -0.39 is 8.32 Å². The van der Waals surface area contributed by atoms with Crippen molar-refractivity contribution in [3.05, 3.63) is 0 Å². The van der Waals surface area contributed by atoms with Crippen molar-refractivity contribution in [2.75, 3.05) is 6.61 Å². The number of rotatable bonds is 5. The molecule has 11 heavy (non-hydrogen) atoms. The van der Waals surface area contributed by atoms with E-state index in [1.165, 1.54) is 12.8 Å². The van der Waals surface area contributed by atoms with Crippen LogP contribution in [-0.4, -0.2) is 14.9 Å². The van der Waals surface area contributed by atoms with Gasteiger partial charge in [0.2, 0.25) is 0 Å². The minimum absolute atomic E-state index is 0.779. The fourth-order valence-electron chi connectivity index (χ4n) is 0.892. The van der Waals surface area contributed by atoms with E-state index in [9.17, 15) is 0 Å². The predicted octanol–water partition coefficient (Wildman–Crippen LogP) is 3.27. The van der Waals surface area contributed by atoms with E-state index in [1.54, 1.807) is 0 Å². The molecule has 0 fully saturated rings. The normalized spacial score (nSPS) is 12.5. The number of hydrogen-bond acceptors (Lipinski definition) is 1. The van der Waals surface area contributed by atoms with Crippen LogP contribution in [0.25, 0.3) is 0 Å². The molecule has 0 bridgehead atoms. The van der Waals surface area contributed by atoms with Crippen LogP contribution in [0.3, 0.4) is 0 Å². The van der Waals surface area contributed by atoms with Crippen molar-refractivity contribution in [2.45, 2.75) is 46.3 Å². The largest absolute Gasteiger partial charge is 0.417 e. The minimum atomic E-state index is -1.25. The smallest absolute Gasteiger partial charge is 0.183 e. The highest BCUT2D eigenvalue weighted by molar-refractivity contribution is 6.69. The van der Waals surface area contributed by atoms with E-state index >= 15 is 0 Å². The van der Waals surface area contributed by atoms with Crippen molar-refractivity contribution >= 4 is 8.32 Å². The van der Waals surface area contributed by atoms with Crippen molar-refractivity contribution < 1.29 is 4.43 Å². The molecule has 0 heterocycles. The summed E-state index contributed by atoms with van der Waals surface area (Å²) in [5.41, 5.74) is 0. The van der Waals surface area contributed by atoms with Crippen LogP contribution < -0.4 is 0 Å². The topological polar surface area (TPSA) is 9.23 Å². The third-order valence-electron chi connectivity index (χ3n) is 1.91. The average molecular weight is 174 g/mol. The predicted molar refractivity (Wildman–Crippen MR) is 53.4 cm³/mol. The molecule has 0 aromatic rings. The Hall–Kier alpha value is 0.177. The zero-order chi connectivity index (χ0) is 8.91. The fraction of sp³-hybridized carbons (Fsp3) is 1.00. The zero-order valence-electron chi connectivity index (χ0n) is 8.61. The van der Waals surface area contributed by atoms with Crippen LogP contribution in [0, 0.1) is 5.92 Å². The standard InChI is InChI=1S/C9H22OSi/c1-6-9(7-2)8-10-11(3,4)5/h9H,6-8H2,1-5H3. The summed E-state index contributed by atoms with van der Waals surface area (Å²) in [6.45, 7) is 12.2. The molecule has 0 amide bonds. The molecule has 0 unspecified atom stereocenters. The monoisotopic (exact) mass is 174 g/mol. The van der Waals surface area contributed by atoms with E-state index in [0.717, 1.165) is 12.5 Å². The van der Waals surface area contributed by atoms with Crippen LogP contribution in [0.2, 0.25) is 19.6 Å². The maximum atomic E-state index is 5.81. The van der Waals surface area contributed by atoms with E-state index in [0.29, 0.717) is 0 Å². The van der Waals surface area contributed by atoms with Crippen molar-refractivity contribution in [2.24, 2.45) is 5.92 Å². The van der Waals surface area contributed by atoms with E-state index in [-0.39, 0.29) is 0 Å². The summed E-state index contributed by atoms with van der Waals surface area (Å²) in [7, 11) is -1.25. The Morgan fingerprint density at radius 2 is 1.55 bits per heavy atom. The van der Waals surface area contributed by atoms with Gasteiger partial charge in [0.25, 0.3) is 0 Å². The van der Waals surface area contributed by atoms with Gasteiger partial charge in [0.05, 0.1) is 0 Å². The first-order valence-corrected chi connectivity index (χ1v) is 8.04. The Balaban J connectivity index is 3.51. The second-order valence-electron chi connectivity index (χ2n) is 4.11. The summed E-state index contributed by atoms with van der Waals surface area (Å²) >= 11 is 0. The fourth-order valence-corrected chi connectivity index (χ4v) is 1.63. The van der Waals surface area contributed by atoms with Crippen LogP contribution in [-0.2, 0) is 4.43 Å². The molecule has 1 nitrogen and oxygen atoms in total. The van der Waals surface area contributed by atoms with Gasteiger partial charge >= 0.3 is 0 Å². The molecule has 0 N–H and O–H groups in total. The quantitative estimate of drug-likeness (QED) is 0.581. The lowest BCUT2D eigenvalue weighted by Crippen LogP contribution is -2.28. The lowest BCUT2D eigenvalue weighted by atomic mass is 10.1. The van der Waals surface area contributed by atoms with Gasteiger partial charge in [-0.2, -0.15) is 0 Å². The van der Waals surface area contributed by atoms with Crippen molar-refractivity contribution in [1.29, 1.82) is 0 Å². The molecule has 0 rings (SSSR count). The highest BCUT2D eigenvalue weighted by Gasteiger charge is 2.15. The summed E-state index contributed by atoms with van der Waals surface area (Å²) in [5, 5.41) is 0. The Morgan fingerprint density at radius 3 is 1.82 bits per heavy atom. The summed E-state index contributed by atoms with van der Waals surface area (Å²) in [5.74, 6) is 0.779. The Kier molecular flexibility index (Phi) is 5.02. The van der Waals surface area contributed by atoms with Gasteiger partial charge in [0.15, 0.2) is 8.32 Å². The lowest BCUT2D eigenvalue weighted by Gasteiger charge is -2.21. The van der Waals surface area contributed by atoms with Gasteiger partial charge in [0, 0.05) is 6.61 Å². The Labute approximate surface area is 72.3 Å². The molecular weight excluding hydrogens is 152 g/mol. The molecule has 0 atom stereocenters. The van der Waals surface area contributed by atoms with Crippen LogP contribution in [0.15, 0.2) is 0 Å². The highest BCUT2D eigenvalue weighted by Crippen LogP contribution is 2.11. The second kappa shape index (κ2) is 4.94. The molecule has 0 saturated heterocycles. The van der Waals surface area contributed by atoms with E-state index in [1.807, 2.05) is 0 Å². The summed E-state index contributed by atoms with van der Waals surface area (Å²) in [4.78, 5) is 0. The molecule has 0 aliphatic heterocycles. The van der Waals surface area contributed by atoms with Gasteiger partial charge in [-0.05, 0) is 25.6 Å². The zero-order valence-corrected chi connectivity index (χ0v) is 9.61. The lowest BCUT2D eigenvalue weighted by molar-refractivity contribution is 0.234. The number of hydrogen-bond donors (Lipinski definition) is 0. The minimum Gasteiger partial charge on any atom is -0.417 e. The van der Waals surface area contributed by atoms with E-state index in [4.69, 9.17) is 4.43 Å². The highest BCUT2D eigenvalue weighted by atomic mass is 28.4. The molecule has 0 aromatic heterocycles. The molecular formula is C9H22OSi. The van der Waals surface area contributed by atoms with Gasteiger partial charge in [-0.25, -0.2) is 0 Å². The molecule has 0 radical (unpaired) electrons. The molecule has 2 heteroatoms. The van der Waals surface area contributed by atoms with Crippen molar-refractivity contribution in [1.82, 2.24) is 0 Å². The molecule has 0 aliphatic carbocycles. The van der Waals surface area contributed by atoms with Crippen LogP contribution in [0.4, 0.5) is 0 Å². The maximum absolute atomic E-state index is 5.81. The molecule has 0 spiro atoms. The van der Waals surface area contributed by atoms with Crippen molar-refractivity contribution in [3.63, 3.8) is 0 Å². The summed E-state index contributed by atoms with van der Waals surface area (Å²) in [6, 6.07) is 0. The van der Waals surface area contributed by atoms with Crippen molar-refractivity contribution in [3.8, 4) is 0 Å². The first-order chi connectivity index (χ1) is 4.99. The molecule has 0 aliphatic rings. The Bertz CT molecular complexity index is 92.2. The molecule has 0 aromatic carbocycles. The summed E-state index contributed by atoms with van der Waals surface area (Å²) in [6.07, 6.45) is 2.50. The SMILES string of the molecule is CCC(CC)CO[Si](C)(C)C. The van der Waals surface area contributed by atoms with Gasteiger partial charge in [-0.15, -0.1) is 0 Å². The first-order valence-electron chi connectivity index (χ1n) is 4.63.